The summed E-state index contributed by atoms with van der Waals surface area (Å²) in [5, 5.41) is 0.205. The molecule has 0 amide bonds. The zero-order chi connectivity index (χ0) is 27.9. The highest BCUT2D eigenvalue weighted by atomic mass is 35.5. The molecular formula is C27H27ClF6S3. The maximum Gasteiger partial charge on any atom is 0.398 e. The van der Waals surface area contributed by atoms with E-state index in [4.69, 9.17) is 11.6 Å². The van der Waals surface area contributed by atoms with E-state index in [0.29, 0.717) is 22.2 Å². The number of rotatable bonds is 7. The molecule has 10 heteroatoms. The molecule has 0 saturated carbocycles. The van der Waals surface area contributed by atoms with Gasteiger partial charge in [-0.05, 0) is 85.4 Å². The highest BCUT2D eigenvalue weighted by molar-refractivity contribution is 7.99. The van der Waals surface area contributed by atoms with E-state index in [-0.39, 0.29) is 22.0 Å². The minimum absolute atomic E-state index is 0.0225. The van der Waals surface area contributed by atoms with Crippen molar-refractivity contribution in [3.63, 3.8) is 0 Å². The summed E-state index contributed by atoms with van der Waals surface area (Å²) in [4.78, 5) is 2.17. The van der Waals surface area contributed by atoms with Crippen molar-refractivity contribution in [1.29, 1.82) is 0 Å². The fourth-order valence-corrected chi connectivity index (χ4v) is 5.92. The summed E-state index contributed by atoms with van der Waals surface area (Å²) >= 11 is 9.39. The van der Waals surface area contributed by atoms with E-state index >= 15 is 0 Å². The van der Waals surface area contributed by atoms with Crippen molar-refractivity contribution in [2.75, 3.05) is 17.3 Å². The summed E-state index contributed by atoms with van der Waals surface area (Å²) in [5.41, 5.74) is 2.13. The molecule has 0 aliphatic carbocycles. The van der Waals surface area contributed by atoms with Crippen LogP contribution in [-0.4, -0.2) is 23.4 Å². The molecule has 0 bridgehead atoms. The topological polar surface area (TPSA) is 0 Å². The fraction of sp³-hybridized carbons (Fsp3) is 0.333. The first-order valence-corrected chi connectivity index (χ1v) is 14.6. The number of aryl methyl sites for hydroxylation is 3. The number of benzene rings is 3. The Balaban J connectivity index is 0.000000335. The molecule has 0 saturated heterocycles. The van der Waals surface area contributed by atoms with Crippen LogP contribution >= 0.6 is 46.9 Å². The van der Waals surface area contributed by atoms with Crippen molar-refractivity contribution in [2.45, 2.75) is 55.5 Å². The highest BCUT2D eigenvalue weighted by Crippen LogP contribution is 2.37. The molecule has 3 aromatic carbocycles. The van der Waals surface area contributed by atoms with E-state index in [9.17, 15) is 26.3 Å². The van der Waals surface area contributed by atoms with Crippen molar-refractivity contribution < 1.29 is 26.3 Å². The van der Waals surface area contributed by atoms with Crippen LogP contribution in [0.4, 0.5) is 26.3 Å². The first-order chi connectivity index (χ1) is 17.3. The van der Waals surface area contributed by atoms with Gasteiger partial charge in [-0.3, -0.25) is 0 Å². The van der Waals surface area contributed by atoms with E-state index in [1.807, 2.05) is 13.8 Å². The van der Waals surface area contributed by atoms with Crippen LogP contribution in [0, 0.1) is 38.2 Å². The van der Waals surface area contributed by atoms with Crippen LogP contribution in [0.1, 0.15) is 30.5 Å². The molecule has 0 heterocycles. The summed E-state index contributed by atoms with van der Waals surface area (Å²) in [5.74, 6) is -0.907. The number of alkyl halides is 3. The van der Waals surface area contributed by atoms with Crippen molar-refractivity contribution in [2.24, 2.45) is 0 Å². The predicted octanol–water partition coefficient (Wildman–Crippen LogP) is 10.9. The van der Waals surface area contributed by atoms with Gasteiger partial charge in [-0.1, -0.05) is 25.4 Å². The van der Waals surface area contributed by atoms with E-state index in [1.54, 1.807) is 30.8 Å². The first-order valence-electron chi connectivity index (χ1n) is 11.3. The van der Waals surface area contributed by atoms with Gasteiger partial charge in [0, 0.05) is 25.8 Å². The molecule has 0 aromatic heterocycles. The summed E-state index contributed by atoms with van der Waals surface area (Å²) in [6.07, 6.45) is -4.33. The minimum atomic E-state index is -4.33. The van der Waals surface area contributed by atoms with Crippen LogP contribution in [-0.2, 0) is 0 Å². The lowest BCUT2D eigenvalue weighted by Crippen LogP contribution is -2.10. The van der Waals surface area contributed by atoms with Gasteiger partial charge in [0.25, 0.3) is 0 Å². The van der Waals surface area contributed by atoms with E-state index in [2.05, 4.69) is 6.92 Å². The van der Waals surface area contributed by atoms with Crippen molar-refractivity contribution in [3.8, 4) is 11.1 Å². The zero-order valence-corrected chi connectivity index (χ0v) is 24.2. The molecular weight excluding hydrogens is 570 g/mol. The summed E-state index contributed by atoms with van der Waals surface area (Å²) < 4.78 is 79.0. The molecule has 0 aliphatic rings. The van der Waals surface area contributed by atoms with Gasteiger partial charge in [0.15, 0.2) is 0 Å². The fourth-order valence-electron chi connectivity index (χ4n) is 3.28. The highest BCUT2D eigenvalue weighted by Gasteiger charge is 2.28. The molecule has 37 heavy (non-hydrogen) atoms. The Morgan fingerprint density at radius 1 is 0.622 bits per heavy atom. The second-order valence-corrected chi connectivity index (χ2v) is 12.0. The monoisotopic (exact) mass is 596 g/mol. The second-order valence-electron chi connectivity index (χ2n) is 8.00. The number of hydrogen-bond acceptors (Lipinski definition) is 3. The smallest absolute Gasteiger partial charge is 0.206 e. The molecule has 3 aromatic rings. The second kappa shape index (κ2) is 14.1. The zero-order valence-electron chi connectivity index (χ0n) is 21.0. The van der Waals surface area contributed by atoms with Gasteiger partial charge in [-0.2, -0.15) is 13.2 Å². The Labute approximate surface area is 232 Å². The summed E-state index contributed by atoms with van der Waals surface area (Å²) in [7, 11) is 0. The Kier molecular flexibility index (Phi) is 12.1. The molecule has 0 spiro atoms. The van der Waals surface area contributed by atoms with Gasteiger partial charge >= 0.3 is 6.18 Å². The lowest BCUT2D eigenvalue weighted by Gasteiger charge is -2.14. The molecule has 0 N–H and O–H groups in total. The summed E-state index contributed by atoms with van der Waals surface area (Å²) in [6, 6.07) is 8.50. The molecule has 0 aliphatic heterocycles. The van der Waals surface area contributed by atoms with Gasteiger partial charge in [0.1, 0.15) is 17.5 Å². The number of hydrogen-bond donors (Lipinski definition) is 0. The molecule has 202 valence electrons. The maximum absolute atomic E-state index is 14.4. The SMILES string of the molecule is CCSc1cc(-c2cc(SCC(F)(F)F)c(C)cc2F)c(F)cc1C.CCSc1cc(Cl)c(F)cc1C. The Hall–Kier alpha value is -1.42. The molecule has 0 unspecified atom stereocenters. The molecule has 3 rings (SSSR count). The van der Waals surface area contributed by atoms with Crippen LogP contribution in [0.25, 0.3) is 11.1 Å². The molecule has 0 atom stereocenters. The average Bonchev–Trinajstić information content (AvgIpc) is 2.79. The quantitative estimate of drug-likeness (QED) is 0.197. The van der Waals surface area contributed by atoms with Gasteiger partial charge in [-0.15, -0.1) is 35.3 Å². The van der Waals surface area contributed by atoms with Gasteiger partial charge in [0.2, 0.25) is 0 Å². The Morgan fingerprint density at radius 3 is 1.41 bits per heavy atom. The largest absolute Gasteiger partial charge is 0.398 e. The normalized spacial score (nSPS) is 11.4. The van der Waals surface area contributed by atoms with E-state index in [0.717, 1.165) is 38.5 Å². The maximum atomic E-state index is 14.4. The number of thioether (sulfide) groups is 3. The minimum Gasteiger partial charge on any atom is -0.206 e. The molecule has 0 fully saturated rings. The average molecular weight is 597 g/mol. The van der Waals surface area contributed by atoms with Crippen LogP contribution in [0.15, 0.2) is 51.1 Å². The van der Waals surface area contributed by atoms with Gasteiger partial charge in [0.05, 0.1) is 10.8 Å². The first kappa shape index (κ1) is 31.8. The standard InChI is InChI=1S/C18H17F5S2.C9H10ClFS/c1-4-24-16-7-12(14(19)5-10(16)2)13-8-17(11(3)6-15(13)20)25-9-18(21,22)23;1-3-12-9-5-7(10)8(11)4-6(9)2/h5-8H,4,9H2,1-3H3;4-5H,3H2,1-2H3. The molecule has 0 nitrogen and oxygen atoms in total. The van der Waals surface area contributed by atoms with Crippen molar-refractivity contribution >= 4 is 46.9 Å². The summed E-state index contributed by atoms with van der Waals surface area (Å²) in [6.45, 7) is 9.20. The van der Waals surface area contributed by atoms with Gasteiger partial charge < -0.3 is 0 Å². The third-order valence-corrected chi connectivity index (χ3v) is 8.62. The van der Waals surface area contributed by atoms with Crippen LogP contribution in [0.3, 0.4) is 0 Å². The van der Waals surface area contributed by atoms with Crippen molar-refractivity contribution in [1.82, 2.24) is 0 Å². The van der Waals surface area contributed by atoms with Crippen LogP contribution in [0.5, 0.6) is 0 Å². The Bertz CT molecular complexity index is 1230. The van der Waals surface area contributed by atoms with E-state index in [1.165, 1.54) is 36.9 Å². The molecule has 0 radical (unpaired) electrons. The number of halogens is 7. The van der Waals surface area contributed by atoms with Gasteiger partial charge in [-0.25, -0.2) is 13.2 Å². The van der Waals surface area contributed by atoms with Crippen molar-refractivity contribution in [3.05, 3.63) is 75.6 Å². The van der Waals surface area contributed by atoms with Crippen LogP contribution in [0.2, 0.25) is 5.02 Å². The Morgan fingerprint density at radius 2 is 1.00 bits per heavy atom. The van der Waals surface area contributed by atoms with Crippen LogP contribution < -0.4 is 0 Å². The lowest BCUT2D eigenvalue weighted by molar-refractivity contribution is -0.105. The third-order valence-electron chi connectivity index (χ3n) is 5.03. The lowest BCUT2D eigenvalue weighted by atomic mass is 10.0. The third kappa shape index (κ3) is 9.37. The van der Waals surface area contributed by atoms with E-state index < -0.39 is 23.6 Å². The predicted molar refractivity (Wildman–Crippen MR) is 147 cm³/mol.